The van der Waals surface area contributed by atoms with Crippen LogP contribution >= 0.6 is 15.9 Å². The molecule has 0 bridgehead atoms. The van der Waals surface area contributed by atoms with Crippen molar-refractivity contribution >= 4 is 32.9 Å². The molecule has 1 amide bonds. The van der Waals surface area contributed by atoms with Gasteiger partial charge < -0.3 is 5.32 Å². The third-order valence-electron chi connectivity index (χ3n) is 6.16. The fourth-order valence-electron chi connectivity index (χ4n) is 4.30. The van der Waals surface area contributed by atoms with E-state index in [0.29, 0.717) is 17.1 Å². The van der Waals surface area contributed by atoms with Gasteiger partial charge >= 0.3 is 0 Å². The molecule has 1 aromatic carbocycles. The molecule has 0 radical (unpaired) electrons. The number of pyridine rings is 2. The highest BCUT2D eigenvalue weighted by atomic mass is 79.9. The molecule has 2 heterocycles. The van der Waals surface area contributed by atoms with Gasteiger partial charge in [0.15, 0.2) is 0 Å². The van der Waals surface area contributed by atoms with Gasteiger partial charge in [-0.05, 0) is 83.8 Å². The van der Waals surface area contributed by atoms with Crippen molar-refractivity contribution < 1.29 is 9.18 Å². The summed E-state index contributed by atoms with van der Waals surface area (Å²) in [5, 5.41) is 3.82. The predicted molar refractivity (Wildman–Crippen MR) is 123 cm³/mol. The lowest BCUT2D eigenvalue weighted by molar-refractivity contribution is 0.0920. The van der Waals surface area contributed by atoms with E-state index in [-0.39, 0.29) is 35.4 Å². The number of rotatable bonds is 4. The summed E-state index contributed by atoms with van der Waals surface area (Å²) in [5.41, 5.74) is 1.63. The van der Waals surface area contributed by atoms with E-state index >= 15 is 0 Å². The topological polar surface area (TPSA) is 64.0 Å². The Bertz CT molecular complexity index is 1180. The molecule has 1 saturated carbocycles. The van der Waals surface area contributed by atoms with Gasteiger partial charge in [0, 0.05) is 22.1 Å². The van der Waals surface area contributed by atoms with Crippen LogP contribution in [0.5, 0.6) is 0 Å². The lowest BCUT2D eigenvalue weighted by Gasteiger charge is -2.27. The molecule has 7 heteroatoms. The maximum Gasteiger partial charge on any atom is 0.265 e. The first-order chi connectivity index (χ1) is 14.8. The molecule has 0 saturated heterocycles. The second kappa shape index (κ2) is 8.91. The van der Waals surface area contributed by atoms with Crippen molar-refractivity contribution in [3.8, 4) is 0 Å². The number of benzene rings is 1. The third kappa shape index (κ3) is 4.56. The van der Waals surface area contributed by atoms with Crippen LogP contribution in [0.15, 0.2) is 45.8 Å². The first-order valence-corrected chi connectivity index (χ1v) is 11.4. The number of halogens is 2. The average Bonchev–Trinajstić information content (AvgIpc) is 2.74. The van der Waals surface area contributed by atoms with Gasteiger partial charge in [0.1, 0.15) is 17.0 Å². The lowest BCUT2D eigenvalue weighted by atomic mass is 9.87. The van der Waals surface area contributed by atoms with Crippen molar-refractivity contribution in [2.45, 2.75) is 52.1 Å². The molecule has 0 spiro atoms. The van der Waals surface area contributed by atoms with Crippen LogP contribution in [-0.2, 0) is 6.54 Å². The molecule has 31 heavy (non-hydrogen) atoms. The van der Waals surface area contributed by atoms with E-state index in [2.05, 4.69) is 33.2 Å². The molecule has 0 aliphatic heterocycles. The summed E-state index contributed by atoms with van der Waals surface area (Å²) < 4.78 is 15.6. The van der Waals surface area contributed by atoms with Gasteiger partial charge in [-0.1, -0.05) is 19.1 Å². The smallest absolute Gasteiger partial charge is 0.265 e. The Morgan fingerprint density at radius 1 is 1.23 bits per heavy atom. The average molecular weight is 486 g/mol. The number of hydrogen-bond donors (Lipinski definition) is 1. The largest absolute Gasteiger partial charge is 0.349 e. The Morgan fingerprint density at radius 2 is 1.90 bits per heavy atom. The van der Waals surface area contributed by atoms with Gasteiger partial charge in [0.25, 0.3) is 11.5 Å². The number of carbonyl (C=O) groups is 1. The number of nitrogens with zero attached hydrogens (tertiary/aromatic N) is 2. The number of amides is 1. The van der Waals surface area contributed by atoms with Crippen molar-refractivity contribution in [1.82, 2.24) is 14.9 Å². The molecule has 1 aliphatic rings. The van der Waals surface area contributed by atoms with Crippen molar-refractivity contribution in [1.29, 1.82) is 0 Å². The summed E-state index contributed by atoms with van der Waals surface area (Å²) in [4.78, 5) is 31.1. The maximum absolute atomic E-state index is 13.5. The van der Waals surface area contributed by atoms with E-state index in [1.165, 1.54) is 16.7 Å². The number of nitrogens with one attached hydrogen (secondary N) is 1. The van der Waals surface area contributed by atoms with E-state index in [0.717, 1.165) is 41.1 Å². The molecular formula is C24H25BrFN3O2. The van der Waals surface area contributed by atoms with Crippen molar-refractivity contribution in [3.63, 3.8) is 0 Å². The Balaban J connectivity index is 1.78. The van der Waals surface area contributed by atoms with Gasteiger partial charge in [-0.2, -0.15) is 0 Å². The molecule has 3 aromatic rings. The highest BCUT2D eigenvalue weighted by Crippen LogP contribution is 2.25. The summed E-state index contributed by atoms with van der Waals surface area (Å²) in [6.45, 7) is 4.22. The zero-order valence-electron chi connectivity index (χ0n) is 17.6. The van der Waals surface area contributed by atoms with Crippen molar-refractivity contribution in [2.24, 2.45) is 5.92 Å². The highest BCUT2D eigenvalue weighted by Gasteiger charge is 2.25. The summed E-state index contributed by atoms with van der Waals surface area (Å²) in [6.07, 6.45) is 5.64. The normalized spacial score (nSPS) is 18.8. The second-order valence-corrected chi connectivity index (χ2v) is 9.39. The van der Waals surface area contributed by atoms with Gasteiger partial charge in [0.05, 0.1) is 6.54 Å². The van der Waals surface area contributed by atoms with Crippen molar-refractivity contribution in [3.05, 3.63) is 73.9 Å². The molecule has 1 N–H and O–H groups in total. The van der Waals surface area contributed by atoms with E-state index in [9.17, 15) is 14.0 Å². The molecule has 1 fully saturated rings. The predicted octanol–water partition coefficient (Wildman–Crippen LogP) is 4.96. The minimum Gasteiger partial charge on any atom is -0.349 e. The number of carbonyl (C=O) groups excluding carboxylic acids is 1. The second-order valence-electron chi connectivity index (χ2n) is 8.47. The van der Waals surface area contributed by atoms with Crippen LogP contribution in [-0.4, -0.2) is 21.5 Å². The molecule has 0 unspecified atom stereocenters. The Labute approximate surface area is 188 Å². The molecule has 1 aliphatic carbocycles. The van der Waals surface area contributed by atoms with Crippen LogP contribution in [0.4, 0.5) is 4.39 Å². The SMILES string of the molecule is Cc1c(C(=O)NC2CCC(C)CC2)c(=O)n(Cc2ccc(F)cc2)c2ncc(Br)cc12. The fraction of sp³-hybridized carbons (Fsp3) is 0.375. The monoisotopic (exact) mass is 485 g/mol. The molecule has 0 atom stereocenters. The summed E-state index contributed by atoms with van der Waals surface area (Å²) in [7, 11) is 0. The minimum atomic E-state index is -0.383. The molecule has 162 valence electrons. The van der Waals surface area contributed by atoms with Gasteiger partial charge in [-0.25, -0.2) is 9.37 Å². The van der Waals surface area contributed by atoms with E-state index in [1.807, 2.05) is 6.07 Å². The Morgan fingerprint density at radius 3 is 2.58 bits per heavy atom. The first-order valence-electron chi connectivity index (χ1n) is 10.6. The van der Waals surface area contributed by atoms with Gasteiger partial charge in [-0.3, -0.25) is 14.2 Å². The van der Waals surface area contributed by atoms with Gasteiger partial charge in [0.2, 0.25) is 0 Å². The Hall–Kier alpha value is -2.54. The summed E-state index contributed by atoms with van der Waals surface area (Å²) in [6, 6.07) is 7.95. The van der Waals surface area contributed by atoms with Crippen LogP contribution in [0.1, 0.15) is 54.1 Å². The summed E-state index contributed by atoms with van der Waals surface area (Å²) >= 11 is 3.44. The van der Waals surface area contributed by atoms with Gasteiger partial charge in [-0.15, -0.1) is 0 Å². The highest BCUT2D eigenvalue weighted by molar-refractivity contribution is 9.10. The van der Waals surface area contributed by atoms with E-state index in [1.54, 1.807) is 25.3 Å². The van der Waals surface area contributed by atoms with Crippen LogP contribution in [0.3, 0.4) is 0 Å². The van der Waals surface area contributed by atoms with E-state index in [4.69, 9.17) is 0 Å². The molecule has 5 nitrogen and oxygen atoms in total. The van der Waals surface area contributed by atoms with Crippen LogP contribution in [0.2, 0.25) is 0 Å². The third-order valence-corrected chi connectivity index (χ3v) is 6.59. The van der Waals surface area contributed by atoms with Crippen LogP contribution in [0.25, 0.3) is 11.0 Å². The quantitative estimate of drug-likeness (QED) is 0.567. The summed E-state index contributed by atoms with van der Waals surface area (Å²) in [5.74, 6) is -0.00233. The number of aryl methyl sites for hydroxylation is 1. The minimum absolute atomic E-state index is 0.0874. The number of fused-ring (bicyclic) bond motifs is 1. The Kier molecular flexibility index (Phi) is 6.23. The molecule has 2 aromatic heterocycles. The van der Waals surface area contributed by atoms with Crippen molar-refractivity contribution in [2.75, 3.05) is 0 Å². The van der Waals surface area contributed by atoms with E-state index < -0.39 is 0 Å². The van der Waals surface area contributed by atoms with Crippen LogP contribution < -0.4 is 10.9 Å². The first kappa shape index (κ1) is 21.7. The fourth-order valence-corrected chi connectivity index (χ4v) is 4.63. The number of hydrogen-bond acceptors (Lipinski definition) is 3. The molecular weight excluding hydrogens is 461 g/mol. The lowest BCUT2D eigenvalue weighted by Crippen LogP contribution is -2.41. The zero-order chi connectivity index (χ0) is 22.1. The van der Waals surface area contributed by atoms with Crippen LogP contribution in [0, 0.1) is 18.7 Å². The standard InChI is InChI=1S/C24H25BrFN3O2/c1-14-3-9-19(10-4-14)28-23(30)21-15(2)20-11-17(25)12-27-22(20)29(24(21)31)13-16-5-7-18(26)8-6-16/h5-8,11-12,14,19H,3-4,9-10,13H2,1-2H3,(H,28,30). The molecule has 4 rings (SSSR count). The number of aromatic nitrogens is 2. The maximum atomic E-state index is 13.5. The zero-order valence-corrected chi connectivity index (χ0v) is 19.2.